The molecule has 0 unspecified atom stereocenters. The van der Waals surface area contributed by atoms with Crippen molar-refractivity contribution in [3.05, 3.63) is 40.4 Å². The second-order valence-corrected chi connectivity index (χ2v) is 3.85. The van der Waals surface area contributed by atoms with Gasteiger partial charge in [-0.2, -0.15) is 0 Å². The minimum atomic E-state index is -0.642. The third kappa shape index (κ3) is 2.17. The van der Waals surface area contributed by atoms with E-state index in [1.807, 2.05) is 31.2 Å². The number of amides is 1. The van der Waals surface area contributed by atoms with Crippen molar-refractivity contribution in [2.75, 3.05) is 7.05 Å². The van der Waals surface area contributed by atoms with Crippen LogP contribution >= 0.6 is 0 Å². The molecular weight excluding hydrogens is 234 g/mol. The Morgan fingerprint density at radius 1 is 1.44 bits per heavy atom. The summed E-state index contributed by atoms with van der Waals surface area (Å²) in [5.74, 6) is -0.561. The van der Waals surface area contributed by atoms with Crippen molar-refractivity contribution in [1.82, 2.24) is 15.0 Å². The molecule has 1 aromatic heterocycles. The first-order valence-electron chi connectivity index (χ1n) is 5.46. The molecule has 0 bridgehead atoms. The Balaban J connectivity index is 2.50. The second kappa shape index (κ2) is 4.87. The van der Waals surface area contributed by atoms with Gasteiger partial charge in [-0.25, -0.2) is 9.36 Å². The van der Waals surface area contributed by atoms with Gasteiger partial charge < -0.3 is 5.32 Å². The molecule has 18 heavy (non-hydrogen) atoms. The highest BCUT2D eigenvalue weighted by Gasteiger charge is 2.16. The molecule has 0 aliphatic carbocycles. The van der Waals surface area contributed by atoms with Gasteiger partial charge in [0, 0.05) is 12.6 Å². The number of carbonyl (C=O) groups excluding carboxylic acids is 1. The number of aromatic nitrogens is 2. The SMILES string of the molecule is CNC(=O)Cn1c(-c2ccccc2C)noc1=O. The van der Waals surface area contributed by atoms with E-state index in [0.29, 0.717) is 5.82 Å². The lowest BCUT2D eigenvalue weighted by Gasteiger charge is -2.05. The van der Waals surface area contributed by atoms with Gasteiger partial charge in [-0.15, -0.1) is 0 Å². The van der Waals surface area contributed by atoms with Crippen molar-refractivity contribution in [3.8, 4) is 11.4 Å². The molecule has 1 amide bonds. The van der Waals surface area contributed by atoms with Crippen LogP contribution in [0.1, 0.15) is 5.56 Å². The molecule has 0 spiro atoms. The molecule has 0 aliphatic heterocycles. The summed E-state index contributed by atoms with van der Waals surface area (Å²) in [6, 6.07) is 7.46. The number of carbonyl (C=O) groups is 1. The zero-order valence-corrected chi connectivity index (χ0v) is 10.1. The second-order valence-electron chi connectivity index (χ2n) is 3.85. The lowest BCUT2D eigenvalue weighted by Crippen LogP contribution is -2.28. The van der Waals surface area contributed by atoms with Crippen molar-refractivity contribution in [2.45, 2.75) is 13.5 Å². The van der Waals surface area contributed by atoms with Crippen LogP contribution in [0.2, 0.25) is 0 Å². The molecule has 2 aromatic rings. The van der Waals surface area contributed by atoms with Crippen LogP contribution in [0, 0.1) is 6.92 Å². The molecule has 0 radical (unpaired) electrons. The van der Waals surface area contributed by atoms with Crippen molar-refractivity contribution in [3.63, 3.8) is 0 Å². The summed E-state index contributed by atoms with van der Waals surface area (Å²) < 4.78 is 5.84. The Kier molecular flexibility index (Phi) is 3.27. The Morgan fingerprint density at radius 2 is 2.17 bits per heavy atom. The van der Waals surface area contributed by atoms with Crippen molar-refractivity contribution in [2.24, 2.45) is 0 Å². The van der Waals surface area contributed by atoms with Crippen LogP contribution in [0.4, 0.5) is 0 Å². The van der Waals surface area contributed by atoms with Crippen LogP contribution in [0.5, 0.6) is 0 Å². The molecule has 0 saturated carbocycles. The summed E-state index contributed by atoms with van der Waals surface area (Å²) in [5.41, 5.74) is 1.73. The van der Waals surface area contributed by atoms with Gasteiger partial charge in [0.1, 0.15) is 6.54 Å². The van der Waals surface area contributed by atoms with Gasteiger partial charge >= 0.3 is 5.76 Å². The number of aryl methyl sites for hydroxylation is 1. The summed E-state index contributed by atoms with van der Waals surface area (Å²) in [6.07, 6.45) is 0. The fourth-order valence-electron chi connectivity index (χ4n) is 1.65. The number of benzene rings is 1. The number of likely N-dealkylation sites (N-methyl/N-ethyl adjacent to an activating group) is 1. The van der Waals surface area contributed by atoms with Gasteiger partial charge in [0.15, 0.2) is 5.82 Å². The van der Waals surface area contributed by atoms with Crippen LogP contribution in [-0.2, 0) is 11.3 Å². The van der Waals surface area contributed by atoms with E-state index in [9.17, 15) is 9.59 Å². The number of hydrogen-bond acceptors (Lipinski definition) is 4. The average molecular weight is 247 g/mol. The van der Waals surface area contributed by atoms with Crippen LogP contribution in [0.3, 0.4) is 0 Å². The summed E-state index contributed by atoms with van der Waals surface area (Å²) in [6.45, 7) is 1.79. The first kappa shape index (κ1) is 12.1. The fourth-order valence-corrected chi connectivity index (χ4v) is 1.65. The highest BCUT2D eigenvalue weighted by atomic mass is 16.5. The third-order valence-electron chi connectivity index (χ3n) is 2.65. The maximum Gasteiger partial charge on any atom is 0.442 e. The Hall–Kier alpha value is -2.37. The van der Waals surface area contributed by atoms with E-state index in [2.05, 4.69) is 15.0 Å². The molecule has 6 nitrogen and oxygen atoms in total. The summed E-state index contributed by atoms with van der Waals surface area (Å²) in [7, 11) is 1.51. The van der Waals surface area contributed by atoms with Gasteiger partial charge in [-0.1, -0.05) is 29.4 Å². The standard InChI is InChI=1S/C12H13N3O3/c1-8-5-3-4-6-9(8)11-14-18-12(17)15(11)7-10(16)13-2/h3-6H,7H2,1-2H3,(H,13,16). The summed E-state index contributed by atoms with van der Waals surface area (Å²) >= 11 is 0. The quantitative estimate of drug-likeness (QED) is 0.859. The minimum Gasteiger partial charge on any atom is -0.358 e. The number of nitrogens with one attached hydrogen (secondary N) is 1. The monoisotopic (exact) mass is 247 g/mol. The normalized spacial score (nSPS) is 10.3. The molecular formula is C12H13N3O3. The molecule has 1 heterocycles. The fraction of sp³-hybridized carbons (Fsp3) is 0.250. The smallest absolute Gasteiger partial charge is 0.358 e. The van der Waals surface area contributed by atoms with Crippen LogP contribution in [0.15, 0.2) is 33.6 Å². The van der Waals surface area contributed by atoms with E-state index in [1.165, 1.54) is 11.6 Å². The molecule has 2 rings (SSSR count). The van der Waals surface area contributed by atoms with E-state index in [-0.39, 0.29) is 12.5 Å². The van der Waals surface area contributed by atoms with Gasteiger partial charge in [-0.05, 0) is 12.5 Å². The maximum atomic E-state index is 11.5. The Labute approximate surface area is 103 Å². The Morgan fingerprint density at radius 3 is 2.83 bits per heavy atom. The molecule has 0 fully saturated rings. The van der Waals surface area contributed by atoms with Crippen molar-refractivity contribution >= 4 is 5.91 Å². The molecule has 6 heteroatoms. The molecule has 0 saturated heterocycles. The van der Waals surface area contributed by atoms with Gasteiger partial charge in [-0.3, -0.25) is 9.32 Å². The van der Waals surface area contributed by atoms with Crippen LogP contribution in [0.25, 0.3) is 11.4 Å². The highest BCUT2D eigenvalue weighted by Crippen LogP contribution is 2.19. The molecule has 1 aromatic carbocycles. The zero-order chi connectivity index (χ0) is 13.1. The first-order valence-corrected chi connectivity index (χ1v) is 5.46. The van der Waals surface area contributed by atoms with E-state index in [1.54, 1.807) is 0 Å². The van der Waals surface area contributed by atoms with E-state index in [4.69, 9.17) is 0 Å². The van der Waals surface area contributed by atoms with Crippen molar-refractivity contribution in [1.29, 1.82) is 0 Å². The summed E-state index contributed by atoms with van der Waals surface area (Å²) in [4.78, 5) is 22.9. The lowest BCUT2D eigenvalue weighted by molar-refractivity contribution is -0.121. The van der Waals surface area contributed by atoms with E-state index >= 15 is 0 Å². The first-order chi connectivity index (χ1) is 8.63. The molecule has 0 atom stereocenters. The predicted molar refractivity (Wildman–Crippen MR) is 65.0 cm³/mol. The largest absolute Gasteiger partial charge is 0.442 e. The minimum absolute atomic E-state index is 0.109. The van der Waals surface area contributed by atoms with E-state index in [0.717, 1.165) is 11.1 Å². The third-order valence-corrected chi connectivity index (χ3v) is 2.65. The van der Waals surface area contributed by atoms with Gasteiger partial charge in [0.2, 0.25) is 5.91 Å². The molecule has 94 valence electrons. The Bertz CT molecular complexity index is 627. The average Bonchev–Trinajstić information content (AvgIpc) is 2.72. The van der Waals surface area contributed by atoms with Gasteiger partial charge in [0.25, 0.3) is 0 Å². The number of nitrogens with zero attached hydrogens (tertiary/aromatic N) is 2. The van der Waals surface area contributed by atoms with Crippen LogP contribution in [-0.4, -0.2) is 22.7 Å². The molecule has 1 N–H and O–H groups in total. The number of rotatable bonds is 3. The number of hydrogen-bond donors (Lipinski definition) is 1. The van der Waals surface area contributed by atoms with E-state index < -0.39 is 5.76 Å². The zero-order valence-electron chi connectivity index (χ0n) is 10.1. The van der Waals surface area contributed by atoms with Gasteiger partial charge in [0.05, 0.1) is 0 Å². The highest BCUT2D eigenvalue weighted by molar-refractivity contribution is 5.76. The lowest BCUT2D eigenvalue weighted by atomic mass is 10.1. The maximum absolute atomic E-state index is 11.5. The topological polar surface area (TPSA) is 77.1 Å². The van der Waals surface area contributed by atoms with Crippen LogP contribution < -0.4 is 11.1 Å². The van der Waals surface area contributed by atoms with Crippen molar-refractivity contribution < 1.29 is 9.32 Å². The predicted octanol–water partition coefficient (Wildman–Crippen LogP) is 0.558. The summed E-state index contributed by atoms with van der Waals surface area (Å²) in [5, 5.41) is 6.19. The molecule has 0 aliphatic rings.